The van der Waals surface area contributed by atoms with Crippen LogP contribution in [0, 0.1) is 5.92 Å². The van der Waals surface area contributed by atoms with Gasteiger partial charge in [0.05, 0.1) is 0 Å². The molecule has 0 amide bonds. The molecule has 0 radical (unpaired) electrons. The maximum atomic E-state index is 5.90. The minimum atomic E-state index is 0.449. The van der Waals surface area contributed by atoms with Gasteiger partial charge in [-0.3, -0.25) is 0 Å². The zero-order valence-electron chi connectivity index (χ0n) is 8.89. The summed E-state index contributed by atoms with van der Waals surface area (Å²) in [6.45, 7) is 4.65. The zero-order chi connectivity index (χ0) is 10.2. The van der Waals surface area contributed by atoms with Crippen molar-refractivity contribution >= 4 is 11.6 Å². The predicted molar refractivity (Wildman–Crippen MR) is 61.8 cm³/mol. The highest BCUT2D eigenvalue weighted by Gasteiger charge is 2.40. The Hall–Kier alpha value is -0.490. The molecule has 0 saturated heterocycles. The Morgan fingerprint density at radius 3 is 2.07 bits per heavy atom. The molecule has 0 bridgehead atoms. The second kappa shape index (κ2) is 3.58. The van der Waals surface area contributed by atoms with Gasteiger partial charge in [0.15, 0.2) is 0 Å². The van der Waals surface area contributed by atoms with Crippen LogP contribution in [0.1, 0.15) is 38.7 Å². The van der Waals surface area contributed by atoms with Crippen molar-refractivity contribution in [2.75, 3.05) is 0 Å². The van der Waals surface area contributed by atoms with Crippen molar-refractivity contribution in [3.63, 3.8) is 0 Å². The fourth-order valence-electron chi connectivity index (χ4n) is 2.54. The van der Waals surface area contributed by atoms with Crippen LogP contribution in [-0.2, 0) is 5.41 Å². The van der Waals surface area contributed by atoms with Crippen molar-refractivity contribution in [3.05, 3.63) is 34.9 Å². The number of benzene rings is 1. The summed E-state index contributed by atoms with van der Waals surface area (Å²) in [4.78, 5) is 0. The summed E-state index contributed by atoms with van der Waals surface area (Å²) in [5, 5.41) is 0.840. The molecule has 2 rings (SSSR count). The van der Waals surface area contributed by atoms with Crippen LogP contribution < -0.4 is 0 Å². The Morgan fingerprint density at radius 1 is 1.14 bits per heavy atom. The van der Waals surface area contributed by atoms with E-state index in [9.17, 15) is 0 Å². The third-order valence-corrected chi connectivity index (χ3v) is 4.02. The van der Waals surface area contributed by atoms with E-state index in [2.05, 4.69) is 26.0 Å². The first-order valence-corrected chi connectivity index (χ1v) is 5.79. The molecule has 1 aliphatic rings. The van der Waals surface area contributed by atoms with Crippen LogP contribution in [-0.4, -0.2) is 0 Å². The molecule has 1 heteroatoms. The number of hydrogen-bond acceptors (Lipinski definition) is 0. The SMILES string of the molecule is CC(C)C1(c2ccc(Cl)cc2)CCC1. The maximum Gasteiger partial charge on any atom is 0.0406 e. The molecule has 14 heavy (non-hydrogen) atoms. The largest absolute Gasteiger partial charge is 0.0843 e. The van der Waals surface area contributed by atoms with Crippen LogP contribution in [0.4, 0.5) is 0 Å². The molecule has 1 aliphatic carbocycles. The lowest BCUT2D eigenvalue weighted by atomic mass is 9.58. The van der Waals surface area contributed by atoms with Gasteiger partial charge >= 0.3 is 0 Å². The highest BCUT2D eigenvalue weighted by atomic mass is 35.5. The average molecular weight is 209 g/mol. The first kappa shape index (κ1) is 10.0. The highest BCUT2D eigenvalue weighted by molar-refractivity contribution is 6.30. The first-order chi connectivity index (χ1) is 6.65. The van der Waals surface area contributed by atoms with Crippen LogP contribution in [0.15, 0.2) is 24.3 Å². The summed E-state index contributed by atoms with van der Waals surface area (Å²) >= 11 is 5.90. The third-order valence-electron chi connectivity index (χ3n) is 3.77. The minimum absolute atomic E-state index is 0.449. The summed E-state index contributed by atoms with van der Waals surface area (Å²) in [5.41, 5.74) is 1.92. The standard InChI is InChI=1S/C13H17Cl/c1-10(2)13(8-3-9-13)11-4-6-12(14)7-5-11/h4-7,10H,3,8-9H2,1-2H3. The van der Waals surface area contributed by atoms with E-state index in [1.807, 2.05) is 12.1 Å². The van der Waals surface area contributed by atoms with Crippen LogP contribution in [0.5, 0.6) is 0 Å². The summed E-state index contributed by atoms with van der Waals surface area (Å²) in [5.74, 6) is 0.734. The monoisotopic (exact) mass is 208 g/mol. The van der Waals surface area contributed by atoms with E-state index >= 15 is 0 Å². The van der Waals surface area contributed by atoms with Gasteiger partial charge in [-0.1, -0.05) is 44.0 Å². The van der Waals surface area contributed by atoms with Crippen LogP contribution in [0.25, 0.3) is 0 Å². The smallest absolute Gasteiger partial charge is 0.0406 e. The van der Waals surface area contributed by atoms with E-state index < -0.39 is 0 Å². The van der Waals surface area contributed by atoms with E-state index in [0.717, 1.165) is 10.9 Å². The van der Waals surface area contributed by atoms with Crippen molar-refractivity contribution in [2.45, 2.75) is 38.5 Å². The summed E-state index contributed by atoms with van der Waals surface area (Å²) < 4.78 is 0. The molecule has 1 saturated carbocycles. The Labute approximate surface area is 91.3 Å². The number of rotatable bonds is 2. The lowest BCUT2D eigenvalue weighted by Gasteiger charge is -2.46. The predicted octanol–water partition coefficient (Wildman–Crippen LogP) is 4.42. The third kappa shape index (κ3) is 1.46. The normalized spacial score (nSPS) is 19.4. The molecular formula is C13H17Cl. The topological polar surface area (TPSA) is 0 Å². The molecule has 1 fully saturated rings. The van der Waals surface area contributed by atoms with Gasteiger partial charge in [-0.05, 0) is 41.9 Å². The van der Waals surface area contributed by atoms with Gasteiger partial charge in [0.1, 0.15) is 0 Å². The minimum Gasteiger partial charge on any atom is -0.0843 e. The van der Waals surface area contributed by atoms with Gasteiger partial charge in [-0.25, -0.2) is 0 Å². The Bertz CT molecular complexity index is 307. The number of halogens is 1. The fraction of sp³-hybridized carbons (Fsp3) is 0.538. The average Bonchev–Trinajstić information content (AvgIpc) is 2.05. The zero-order valence-corrected chi connectivity index (χ0v) is 9.64. The lowest BCUT2D eigenvalue weighted by Crippen LogP contribution is -2.39. The van der Waals surface area contributed by atoms with Crippen LogP contribution in [0.2, 0.25) is 5.02 Å². The van der Waals surface area contributed by atoms with E-state index in [1.54, 1.807) is 0 Å². The second-order valence-corrected chi connectivity index (χ2v) is 5.11. The molecule has 0 spiro atoms. The van der Waals surface area contributed by atoms with Crippen LogP contribution >= 0.6 is 11.6 Å². The van der Waals surface area contributed by atoms with E-state index in [4.69, 9.17) is 11.6 Å². The first-order valence-electron chi connectivity index (χ1n) is 5.41. The van der Waals surface area contributed by atoms with Gasteiger partial charge in [-0.15, -0.1) is 0 Å². The molecule has 0 aromatic heterocycles. The molecule has 1 aromatic carbocycles. The Morgan fingerprint density at radius 2 is 1.71 bits per heavy atom. The molecule has 1 aromatic rings. The van der Waals surface area contributed by atoms with Crippen molar-refractivity contribution in [3.8, 4) is 0 Å². The highest BCUT2D eigenvalue weighted by Crippen LogP contribution is 2.49. The van der Waals surface area contributed by atoms with Gasteiger partial charge < -0.3 is 0 Å². The number of hydrogen-bond donors (Lipinski definition) is 0. The molecule has 0 N–H and O–H groups in total. The second-order valence-electron chi connectivity index (χ2n) is 4.67. The van der Waals surface area contributed by atoms with Gasteiger partial charge in [0, 0.05) is 5.02 Å². The van der Waals surface area contributed by atoms with Crippen molar-refractivity contribution in [1.82, 2.24) is 0 Å². The summed E-state index contributed by atoms with van der Waals surface area (Å²) in [6.07, 6.45) is 4.05. The quantitative estimate of drug-likeness (QED) is 0.675. The van der Waals surface area contributed by atoms with E-state index in [0.29, 0.717) is 5.41 Å². The van der Waals surface area contributed by atoms with E-state index in [-0.39, 0.29) is 0 Å². The molecular weight excluding hydrogens is 192 g/mol. The Kier molecular flexibility index (Phi) is 2.57. The van der Waals surface area contributed by atoms with Gasteiger partial charge in [0.2, 0.25) is 0 Å². The van der Waals surface area contributed by atoms with Crippen molar-refractivity contribution in [1.29, 1.82) is 0 Å². The molecule has 0 heterocycles. The maximum absolute atomic E-state index is 5.90. The molecule has 76 valence electrons. The summed E-state index contributed by atoms with van der Waals surface area (Å²) in [6, 6.07) is 8.42. The van der Waals surface area contributed by atoms with Crippen LogP contribution in [0.3, 0.4) is 0 Å². The Balaban J connectivity index is 2.32. The lowest BCUT2D eigenvalue weighted by molar-refractivity contribution is 0.169. The molecule has 0 aliphatic heterocycles. The molecule has 0 unspecified atom stereocenters. The molecule has 0 nitrogen and oxygen atoms in total. The summed E-state index contributed by atoms with van der Waals surface area (Å²) in [7, 11) is 0. The fourth-order valence-corrected chi connectivity index (χ4v) is 2.66. The molecule has 0 atom stereocenters. The van der Waals surface area contributed by atoms with Gasteiger partial charge in [-0.2, -0.15) is 0 Å². The van der Waals surface area contributed by atoms with E-state index in [1.165, 1.54) is 24.8 Å². The van der Waals surface area contributed by atoms with Crippen molar-refractivity contribution in [2.24, 2.45) is 5.92 Å². The van der Waals surface area contributed by atoms with Gasteiger partial charge in [0.25, 0.3) is 0 Å². The van der Waals surface area contributed by atoms with Crippen molar-refractivity contribution < 1.29 is 0 Å².